The van der Waals surface area contributed by atoms with Gasteiger partial charge in [0.2, 0.25) is 0 Å². The minimum absolute atomic E-state index is 0.0498. The SMILES string of the molecule is Cc1ccccc1N1C(C)c2oc3occc3c2C12CCCCC2. The van der Waals surface area contributed by atoms with Gasteiger partial charge in [-0.05, 0) is 44.4 Å². The lowest BCUT2D eigenvalue weighted by atomic mass is 9.76. The van der Waals surface area contributed by atoms with Gasteiger partial charge in [-0.2, -0.15) is 0 Å². The molecule has 124 valence electrons. The summed E-state index contributed by atoms with van der Waals surface area (Å²) in [5, 5.41) is 1.18. The van der Waals surface area contributed by atoms with Crippen LogP contribution in [0.15, 0.2) is 45.4 Å². The Bertz CT molecular complexity index is 898. The largest absolute Gasteiger partial charge is 0.433 e. The Morgan fingerprint density at radius 2 is 1.88 bits per heavy atom. The van der Waals surface area contributed by atoms with E-state index in [1.165, 1.54) is 54.3 Å². The lowest BCUT2D eigenvalue weighted by molar-refractivity contribution is 0.284. The molecule has 0 radical (unpaired) electrons. The van der Waals surface area contributed by atoms with Gasteiger partial charge in [-0.1, -0.05) is 37.5 Å². The second kappa shape index (κ2) is 4.92. The number of anilines is 1. The normalized spacial score (nSPS) is 22.4. The van der Waals surface area contributed by atoms with Crippen molar-refractivity contribution in [1.82, 2.24) is 0 Å². The molecule has 2 aromatic heterocycles. The summed E-state index contributed by atoms with van der Waals surface area (Å²) in [6.45, 7) is 4.49. The first-order valence-electron chi connectivity index (χ1n) is 9.08. The maximum absolute atomic E-state index is 6.17. The molecule has 1 unspecified atom stereocenters. The first-order valence-corrected chi connectivity index (χ1v) is 9.08. The predicted molar refractivity (Wildman–Crippen MR) is 95.3 cm³/mol. The van der Waals surface area contributed by atoms with Gasteiger partial charge in [-0.15, -0.1) is 0 Å². The molecule has 3 aromatic rings. The average Bonchev–Trinajstić information content (AvgIpc) is 3.22. The molecule has 0 N–H and O–H groups in total. The van der Waals surface area contributed by atoms with E-state index in [1.807, 2.05) is 0 Å². The van der Waals surface area contributed by atoms with Gasteiger partial charge in [0.15, 0.2) is 0 Å². The molecule has 3 heteroatoms. The molecule has 1 aliphatic heterocycles. The molecule has 0 saturated heterocycles. The molecule has 1 saturated carbocycles. The van der Waals surface area contributed by atoms with Crippen molar-refractivity contribution in [3.8, 4) is 0 Å². The van der Waals surface area contributed by atoms with Crippen LogP contribution in [0, 0.1) is 6.92 Å². The summed E-state index contributed by atoms with van der Waals surface area (Å²) >= 11 is 0. The second-order valence-corrected chi connectivity index (χ2v) is 7.39. The number of rotatable bonds is 1. The molecule has 1 aromatic carbocycles. The molecule has 1 atom stereocenters. The fraction of sp³-hybridized carbons (Fsp3) is 0.429. The topological polar surface area (TPSA) is 29.5 Å². The minimum atomic E-state index is 0.0498. The van der Waals surface area contributed by atoms with Crippen molar-refractivity contribution >= 4 is 16.9 Å². The van der Waals surface area contributed by atoms with Gasteiger partial charge < -0.3 is 13.7 Å². The Morgan fingerprint density at radius 1 is 1.08 bits per heavy atom. The molecule has 1 spiro atoms. The van der Waals surface area contributed by atoms with Crippen molar-refractivity contribution in [1.29, 1.82) is 0 Å². The van der Waals surface area contributed by atoms with Crippen molar-refractivity contribution in [2.45, 2.75) is 57.5 Å². The molecule has 0 amide bonds. The highest BCUT2D eigenvalue weighted by atomic mass is 16.5. The second-order valence-electron chi connectivity index (χ2n) is 7.39. The van der Waals surface area contributed by atoms with Gasteiger partial charge in [0.05, 0.1) is 23.2 Å². The van der Waals surface area contributed by atoms with Crippen LogP contribution in [-0.2, 0) is 5.54 Å². The number of furan rings is 2. The molecule has 2 aliphatic rings. The number of hydrogen-bond donors (Lipinski definition) is 0. The molecular weight excluding hydrogens is 298 g/mol. The summed E-state index contributed by atoms with van der Waals surface area (Å²) in [5.74, 6) is 1.80. The highest BCUT2D eigenvalue weighted by molar-refractivity contribution is 5.83. The zero-order valence-corrected chi connectivity index (χ0v) is 14.3. The molecule has 3 heterocycles. The van der Waals surface area contributed by atoms with Crippen LogP contribution in [0.3, 0.4) is 0 Å². The molecular formula is C21H23NO2. The van der Waals surface area contributed by atoms with E-state index < -0.39 is 0 Å². The number of fused-ring (bicyclic) bond motifs is 4. The van der Waals surface area contributed by atoms with Crippen LogP contribution < -0.4 is 4.90 Å². The Balaban J connectivity index is 1.78. The molecule has 1 aliphatic carbocycles. The summed E-state index contributed by atoms with van der Waals surface area (Å²) in [6, 6.07) is 11.1. The zero-order chi connectivity index (χ0) is 16.3. The van der Waals surface area contributed by atoms with Gasteiger partial charge in [-0.3, -0.25) is 0 Å². The van der Waals surface area contributed by atoms with E-state index >= 15 is 0 Å². The molecule has 24 heavy (non-hydrogen) atoms. The number of aryl methyl sites for hydroxylation is 1. The van der Waals surface area contributed by atoms with Crippen LogP contribution in [0.1, 0.15) is 62.0 Å². The highest BCUT2D eigenvalue weighted by Crippen LogP contribution is 2.58. The third kappa shape index (κ3) is 1.68. The van der Waals surface area contributed by atoms with Crippen molar-refractivity contribution in [3.05, 3.63) is 53.5 Å². The first-order chi connectivity index (χ1) is 11.7. The van der Waals surface area contributed by atoms with E-state index in [0.29, 0.717) is 5.78 Å². The third-order valence-corrected chi connectivity index (χ3v) is 6.10. The van der Waals surface area contributed by atoms with Crippen molar-refractivity contribution < 1.29 is 8.83 Å². The van der Waals surface area contributed by atoms with Crippen LogP contribution in [0.2, 0.25) is 0 Å². The summed E-state index contributed by atoms with van der Waals surface area (Å²) in [6.07, 6.45) is 8.03. The maximum Gasteiger partial charge on any atom is 0.297 e. The van der Waals surface area contributed by atoms with E-state index in [9.17, 15) is 0 Å². The lowest BCUT2D eigenvalue weighted by Gasteiger charge is -2.45. The van der Waals surface area contributed by atoms with Gasteiger partial charge in [-0.25, -0.2) is 0 Å². The van der Waals surface area contributed by atoms with E-state index in [-0.39, 0.29) is 11.6 Å². The first kappa shape index (κ1) is 14.2. The van der Waals surface area contributed by atoms with E-state index in [0.717, 1.165) is 5.76 Å². The van der Waals surface area contributed by atoms with Crippen LogP contribution in [-0.4, -0.2) is 0 Å². The van der Waals surface area contributed by atoms with Crippen LogP contribution >= 0.6 is 0 Å². The quantitative estimate of drug-likeness (QED) is 0.544. The summed E-state index contributed by atoms with van der Waals surface area (Å²) in [7, 11) is 0. The summed E-state index contributed by atoms with van der Waals surface area (Å²) < 4.78 is 11.8. The van der Waals surface area contributed by atoms with Crippen LogP contribution in [0.25, 0.3) is 11.2 Å². The number of benzene rings is 1. The van der Waals surface area contributed by atoms with Gasteiger partial charge in [0.1, 0.15) is 5.76 Å². The highest BCUT2D eigenvalue weighted by Gasteiger charge is 2.53. The van der Waals surface area contributed by atoms with E-state index in [2.05, 4.69) is 49.1 Å². The standard InChI is InChI=1S/C21H23NO2/c1-14-8-4-5-9-17(14)22-15(2)19-18(16-10-13-23-20(16)24-19)21(22)11-6-3-7-12-21/h4-5,8-10,13,15H,3,6-7,11-12H2,1-2H3. The average molecular weight is 321 g/mol. The summed E-state index contributed by atoms with van der Waals surface area (Å²) in [5.41, 5.74) is 4.12. The third-order valence-electron chi connectivity index (χ3n) is 6.10. The minimum Gasteiger partial charge on any atom is -0.433 e. The van der Waals surface area contributed by atoms with Crippen molar-refractivity contribution in [3.63, 3.8) is 0 Å². The maximum atomic E-state index is 6.17. The monoisotopic (exact) mass is 321 g/mol. The van der Waals surface area contributed by atoms with Gasteiger partial charge in [0.25, 0.3) is 5.78 Å². The lowest BCUT2D eigenvalue weighted by Crippen LogP contribution is -2.44. The zero-order valence-electron chi connectivity index (χ0n) is 14.3. The smallest absolute Gasteiger partial charge is 0.297 e. The summed E-state index contributed by atoms with van der Waals surface area (Å²) in [4.78, 5) is 2.64. The van der Waals surface area contributed by atoms with E-state index in [1.54, 1.807) is 6.26 Å². The molecule has 0 bridgehead atoms. The molecule has 1 fully saturated rings. The van der Waals surface area contributed by atoms with Crippen LogP contribution in [0.4, 0.5) is 5.69 Å². The fourth-order valence-electron chi connectivity index (χ4n) is 5.13. The number of hydrogen-bond acceptors (Lipinski definition) is 3. The Labute approximate surface area is 142 Å². The van der Waals surface area contributed by atoms with E-state index in [4.69, 9.17) is 8.83 Å². The van der Waals surface area contributed by atoms with Crippen LogP contribution in [0.5, 0.6) is 0 Å². The Morgan fingerprint density at radius 3 is 2.67 bits per heavy atom. The predicted octanol–water partition coefficient (Wildman–Crippen LogP) is 6.07. The number of para-hydroxylation sites is 1. The van der Waals surface area contributed by atoms with Crippen molar-refractivity contribution in [2.24, 2.45) is 0 Å². The Hall–Kier alpha value is -2.16. The van der Waals surface area contributed by atoms with Gasteiger partial charge >= 0.3 is 0 Å². The Kier molecular flexibility index (Phi) is 2.91. The van der Waals surface area contributed by atoms with Gasteiger partial charge in [0, 0.05) is 11.3 Å². The molecule has 3 nitrogen and oxygen atoms in total. The van der Waals surface area contributed by atoms with Crippen molar-refractivity contribution in [2.75, 3.05) is 4.90 Å². The fourth-order valence-corrected chi connectivity index (χ4v) is 5.13. The number of nitrogens with zero attached hydrogens (tertiary/aromatic N) is 1. The molecule has 5 rings (SSSR count).